The van der Waals surface area contributed by atoms with Crippen molar-refractivity contribution in [1.82, 2.24) is 14.8 Å². The first-order chi connectivity index (χ1) is 17.6. The van der Waals surface area contributed by atoms with Gasteiger partial charge in [-0.1, -0.05) is 54.6 Å². The highest BCUT2D eigenvalue weighted by molar-refractivity contribution is 6.01. The molecular weight excluding hydrogens is 456 g/mol. The number of rotatable bonds is 6. The van der Waals surface area contributed by atoms with Crippen molar-refractivity contribution in [2.45, 2.75) is 31.6 Å². The van der Waals surface area contributed by atoms with Crippen molar-refractivity contribution in [3.63, 3.8) is 0 Å². The number of carbonyl (C=O) groups excluding carboxylic acids is 3. The normalized spacial score (nSPS) is 19.9. The first-order valence-electron chi connectivity index (χ1n) is 12.1. The van der Waals surface area contributed by atoms with Gasteiger partial charge in [-0.2, -0.15) is 0 Å². The number of hydrogen-bond donors (Lipinski definition) is 1. The van der Waals surface area contributed by atoms with E-state index in [0.29, 0.717) is 18.8 Å². The molecule has 0 saturated carbocycles. The molecule has 0 unspecified atom stereocenters. The van der Waals surface area contributed by atoms with Crippen molar-refractivity contribution in [1.29, 1.82) is 0 Å². The largest absolute Gasteiger partial charge is 0.368 e. The molecule has 0 aliphatic carbocycles. The van der Waals surface area contributed by atoms with E-state index in [-0.39, 0.29) is 43.8 Å². The molecule has 1 N–H and O–H groups in total. The zero-order chi connectivity index (χ0) is 24.9. The van der Waals surface area contributed by atoms with Gasteiger partial charge in [0.15, 0.2) is 0 Å². The van der Waals surface area contributed by atoms with E-state index < -0.39 is 12.0 Å². The zero-order valence-electron chi connectivity index (χ0n) is 19.9. The van der Waals surface area contributed by atoms with Crippen molar-refractivity contribution in [3.8, 4) is 0 Å². The van der Waals surface area contributed by atoms with Gasteiger partial charge in [0.25, 0.3) is 0 Å². The molecule has 1 fully saturated rings. The molecule has 36 heavy (non-hydrogen) atoms. The maximum absolute atomic E-state index is 13.8. The lowest BCUT2D eigenvalue weighted by atomic mass is 9.89. The Morgan fingerprint density at radius 2 is 1.75 bits per heavy atom. The predicted octanol–water partition coefficient (Wildman–Crippen LogP) is 2.96. The topological polar surface area (TPSA) is 91.8 Å². The number of amides is 3. The lowest BCUT2D eigenvalue weighted by Gasteiger charge is -2.30. The van der Waals surface area contributed by atoms with Gasteiger partial charge in [-0.25, -0.2) is 0 Å². The molecule has 8 heteroatoms. The Morgan fingerprint density at radius 1 is 0.972 bits per heavy atom. The summed E-state index contributed by atoms with van der Waals surface area (Å²) in [7, 11) is 0. The summed E-state index contributed by atoms with van der Waals surface area (Å²) in [6.07, 6.45) is 1.35. The summed E-state index contributed by atoms with van der Waals surface area (Å²) >= 11 is 0. The molecule has 2 aromatic carbocycles. The molecule has 3 aromatic rings. The summed E-state index contributed by atoms with van der Waals surface area (Å²) in [6, 6.07) is 22.7. The van der Waals surface area contributed by atoms with Crippen LogP contribution in [-0.4, -0.2) is 58.2 Å². The predicted molar refractivity (Wildman–Crippen MR) is 134 cm³/mol. The van der Waals surface area contributed by atoms with Crippen LogP contribution in [0.5, 0.6) is 0 Å². The van der Waals surface area contributed by atoms with Gasteiger partial charge >= 0.3 is 0 Å². The first kappa shape index (κ1) is 23.7. The maximum Gasteiger partial charge on any atom is 0.242 e. The van der Waals surface area contributed by atoms with Gasteiger partial charge in [-0.3, -0.25) is 19.4 Å². The summed E-state index contributed by atoms with van der Waals surface area (Å²) in [5.41, 5.74) is 3.19. The minimum atomic E-state index is -0.639. The Balaban J connectivity index is 1.38. The third-order valence-corrected chi connectivity index (χ3v) is 6.55. The van der Waals surface area contributed by atoms with Gasteiger partial charge in [-0.05, 0) is 29.3 Å². The fourth-order valence-corrected chi connectivity index (χ4v) is 4.75. The van der Waals surface area contributed by atoms with E-state index in [0.717, 1.165) is 16.8 Å². The number of pyridine rings is 1. The number of para-hydroxylation sites is 1. The average Bonchev–Trinajstić information content (AvgIpc) is 3.06. The van der Waals surface area contributed by atoms with Crippen molar-refractivity contribution in [2.24, 2.45) is 0 Å². The molecular formula is C28H28N4O4. The number of anilines is 1. The average molecular weight is 485 g/mol. The van der Waals surface area contributed by atoms with E-state index >= 15 is 0 Å². The molecule has 0 radical (unpaired) electrons. The van der Waals surface area contributed by atoms with Crippen LogP contribution in [0.2, 0.25) is 0 Å². The Hall–Kier alpha value is -4.04. The van der Waals surface area contributed by atoms with E-state index in [1.165, 1.54) is 0 Å². The van der Waals surface area contributed by atoms with Crippen LogP contribution in [0.1, 0.15) is 29.2 Å². The minimum Gasteiger partial charge on any atom is -0.368 e. The van der Waals surface area contributed by atoms with Crippen molar-refractivity contribution in [2.75, 3.05) is 25.0 Å². The number of nitrogens with zero attached hydrogens (tertiary/aromatic N) is 3. The molecule has 2 atom stereocenters. The summed E-state index contributed by atoms with van der Waals surface area (Å²) in [5.74, 6) is -1.23. The van der Waals surface area contributed by atoms with Gasteiger partial charge in [0.05, 0.1) is 30.9 Å². The van der Waals surface area contributed by atoms with Crippen LogP contribution >= 0.6 is 0 Å². The maximum atomic E-state index is 13.8. The monoisotopic (exact) mass is 484 g/mol. The highest BCUT2D eigenvalue weighted by Gasteiger charge is 2.37. The number of aromatic nitrogens is 1. The smallest absolute Gasteiger partial charge is 0.242 e. The van der Waals surface area contributed by atoms with E-state index in [2.05, 4.69) is 10.3 Å². The van der Waals surface area contributed by atoms with E-state index in [9.17, 15) is 14.4 Å². The Labute approximate surface area is 209 Å². The molecule has 3 amide bonds. The van der Waals surface area contributed by atoms with Crippen LogP contribution in [0.3, 0.4) is 0 Å². The molecule has 2 aliphatic rings. The molecule has 1 aromatic heterocycles. The number of nitrogens with one attached hydrogen (secondary N) is 1. The van der Waals surface area contributed by atoms with Crippen LogP contribution in [0.4, 0.5) is 5.69 Å². The Morgan fingerprint density at radius 3 is 2.56 bits per heavy atom. The molecule has 3 heterocycles. The molecule has 8 nitrogen and oxygen atoms in total. The highest BCUT2D eigenvalue weighted by atomic mass is 16.5. The molecule has 5 rings (SSSR count). The summed E-state index contributed by atoms with van der Waals surface area (Å²) in [5, 5.41) is 2.83. The van der Waals surface area contributed by atoms with Crippen molar-refractivity contribution >= 4 is 23.4 Å². The number of carbonyl (C=O) groups is 3. The van der Waals surface area contributed by atoms with Crippen LogP contribution < -0.4 is 5.32 Å². The van der Waals surface area contributed by atoms with Crippen molar-refractivity contribution < 1.29 is 19.1 Å². The molecule has 0 spiro atoms. The van der Waals surface area contributed by atoms with Crippen molar-refractivity contribution in [3.05, 3.63) is 95.8 Å². The molecule has 184 valence electrons. The number of hydrogen-bond acceptors (Lipinski definition) is 5. The van der Waals surface area contributed by atoms with Gasteiger partial charge in [0.2, 0.25) is 17.7 Å². The minimum absolute atomic E-state index is 0.0493. The Bertz CT molecular complexity index is 1230. The van der Waals surface area contributed by atoms with Crippen LogP contribution in [0.25, 0.3) is 0 Å². The second kappa shape index (κ2) is 10.7. The van der Waals surface area contributed by atoms with Gasteiger partial charge in [0.1, 0.15) is 0 Å². The molecule has 2 aliphatic heterocycles. The third kappa shape index (κ3) is 5.44. The van der Waals surface area contributed by atoms with E-state index in [1.54, 1.807) is 22.1 Å². The van der Waals surface area contributed by atoms with Gasteiger partial charge in [0, 0.05) is 37.9 Å². The number of benzene rings is 2. The van der Waals surface area contributed by atoms with E-state index in [1.807, 2.05) is 66.7 Å². The SMILES string of the molecule is O=C1C[C@H](C(=O)N2CC(=O)N(Cc3ccccc3)C[C@H](OCc3ccccn3)C2)c2ccccc2N1. The quantitative estimate of drug-likeness (QED) is 0.581. The Kier molecular flexibility index (Phi) is 7.04. The van der Waals surface area contributed by atoms with Crippen LogP contribution in [0, 0.1) is 0 Å². The lowest BCUT2D eigenvalue weighted by Crippen LogP contribution is -2.44. The summed E-state index contributed by atoms with van der Waals surface area (Å²) in [6.45, 7) is 1.25. The fraction of sp³-hybridized carbons (Fsp3) is 0.286. The second-order valence-electron chi connectivity index (χ2n) is 9.12. The standard InChI is InChI=1S/C28H28N4O4/c33-26-14-24(23-11-4-5-12-25(23)30-26)28(35)32-17-22(36-19-21-10-6-7-13-29-21)16-31(27(34)18-32)15-20-8-2-1-3-9-20/h1-13,22,24H,14-19H2,(H,30,33)/t22-,24-/m0/s1. The summed E-state index contributed by atoms with van der Waals surface area (Å²) < 4.78 is 6.19. The van der Waals surface area contributed by atoms with Crippen LogP contribution in [-0.2, 0) is 32.3 Å². The van der Waals surface area contributed by atoms with E-state index in [4.69, 9.17) is 4.74 Å². The van der Waals surface area contributed by atoms with Crippen LogP contribution in [0.15, 0.2) is 79.0 Å². The van der Waals surface area contributed by atoms with Gasteiger partial charge < -0.3 is 19.9 Å². The third-order valence-electron chi connectivity index (χ3n) is 6.55. The highest BCUT2D eigenvalue weighted by Crippen LogP contribution is 2.33. The molecule has 0 bridgehead atoms. The zero-order valence-corrected chi connectivity index (χ0v) is 19.9. The number of ether oxygens (including phenoxy) is 1. The first-order valence-corrected chi connectivity index (χ1v) is 12.1. The van der Waals surface area contributed by atoms with Gasteiger partial charge in [-0.15, -0.1) is 0 Å². The summed E-state index contributed by atoms with van der Waals surface area (Å²) in [4.78, 5) is 47.0. The number of fused-ring (bicyclic) bond motifs is 1. The molecule has 1 saturated heterocycles. The second-order valence-corrected chi connectivity index (χ2v) is 9.12. The lowest BCUT2D eigenvalue weighted by molar-refractivity contribution is -0.140. The fourth-order valence-electron chi connectivity index (χ4n) is 4.75.